The number of nitrogens with zero attached hydrogens (tertiary/aromatic N) is 3. The lowest BCUT2D eigenvalue weighted by Crippen LogP contribution is -2.46. The first-order valence-electron chi connectivity index (χ1n) is 5.00. The van der Waals surface area contributed by atoms with Gasteiger partial charge in [0.15, 0.2) is 5.69 Å². The van der Waals surface area contributed by atoms with Crippen LogP contribution in [-0.2, 0) is 0 Å². The van der Waals surface area contributed by atoms with Crippen LogP contribution in [0.2, 0.25) is 0 Å². The first-order valence-corrected chi connectivity index (χ1v) is 5.00. The van der Waals surface area contributed by atoms with Crippen molar-refractivity contribution >= 4 is 11.9 Å². The zero-order valence-corrected chi connectivity index (χ0v) is 9.23. The van der Waals surface area contributed by atoms with Crippen LogP contribution in [0.4, 0.5) is 0 Å². The molecule has 0 radical (unpaired) electrons. The Morgan fingerprint density at radius 3 is 3.12 bits per heavy atom. The van der Waals surface area contributed by atoms with Crippen LogP contribution in [-0.4, -0.2) is 42.0 Å². The fourth-order valence-corrected chi connectivity index (χ4v) is 1.22. The molecule has 0 fully saturated rings. The van der Waals surface area contributed by atoms with E-state index in [0.717, 1.165) is 6.54 Å². The van der Waals surface area contributed by atoms with Gasteiger partial charge in [-0.2, -0.15) is 0 Å². The second-order valence-corrected chi connectivity index (χ2v) is 3.18. The average Bonchev–Trinajstić information content (AvgIpc) is 2.89. The van der Waals surface area contributed by atoms with Crippen molar-refractivity contribution in [2.75, 3.05) is 20.2 Å². The van der Waals surface area contributed by atoms with E-state index in [1.807, 2.05) is 0 Å². The Hall–Kier alpha value is -2.38. The monoisotopic (exact) mass is 236 g/mol. The third-order valence-corrected chi connectivity index (χ3v) is 2.02. The van der Waals surface area contributed by atoms with E-state index in [-0.39, 0.29) is 11.6 Å². The minimum Gasteiger partial charge on any atom is -0.480 e. The third kappa shape index (κ3) is 2.80. The highest BCUT2D eigenvalue weighted by Gasteiger charge is 2.10. The number of hydrazine groups is 1. The van der Waals surface area contributed by atoms with Gasteiger partial charge in [-0.05, 0) is 0 Å². The number of amides is 1. The second kappa shape index (κ2) is 5.10. The van der Waals surface area contributed by atoms with E-state index in [0.29, 0.717) is 12.5 Å². The predicted octanol–water partition coefficient (Wildman–Crippen LogP) is -1.32. The maximum Gasteiger partial charge on any atom is 0.290 e. The van der Waals surface area contributed by atoms with Gasteiger partial charge >= 0.3 is 0 Å². The van der Waals surface area contributed by atoms with Crippen molar-refractivity contribution in [2.45, 2.75) is 0 Å². The van der Waals surface area contributed by atoms with Gasteiger partial charge < -0.3 is 10.1 Å². The largest absolute Gasteiger partial charge is 0.480 e. The summed E-state index contributed by atoms with van der Waals surface area (Å²) in [6, 6.07) is 0. The van der Waals surface area contributed by atoms with Crippen LogP contribution >= 0.6 is 0 Å². The van der Waals surface area contributed by atoms with Crippen molar-refractivity contribution in [3.63, 3.8) is 0 Å². The quantitative estimate of drug-likeness (QED) is 0.551. The maximum atomic E-state index is 11.7. The lowest BCUT2D eigenvalue weighted by atomic mass is 10.4. The number of hydrogen-bond acceptors (Lipinski definition) is 7. The van der Waals surface area contributed by atoms with Crippen LogP contribution in [0.15, 0.2) is 17.4 Å². The van der Waals surface area contributed by atoms with Gasteiger partial charge in [-0.25, -0.2) is 4.98 Å². The Labute approximate surface area is 97.5 Å². The number of aliphatic imine (C=N–C) groups is 1. The summed E-state index contributed by atoms with van der Waals surface area (Å²) in [4.78, 5) is 23.5. The minimum atomic E-state index is -0.409. The normalized spacial score (nSPS) is 13.6. The maximum absolute atomic E-state index is 11.7. The third-order valence-electron chi connectivity index (χ3n) is 2.02. The van der Waals surface area contributed by atoms with Crippen LogP contribution in [0.1, 0.15) is 10.5 Å². The molecular weight excluding hydrogens is 224 g/mol. The Kier molecular flexibility index (Phi) is 3.34. The predicted molar refractivity (Wildman–Crippen MR) is 59.5 cm³/mol. The summed E-state index contributed by atoms with van der Waals surface area (Å²) < 4.78 is 4.87. The molecular formula is C9H12N6O2. The van der Waals surface area contributed by atoms with E-state index in [2.05, 4.69) is 31.1 Å². The summed E-state index contributed by atoms with van der Waals surface area (Å²) in [5, 5.41) is 2.95. The number of ether oxygens (including phenoxy) is 1. The summed E-state index contributed by atoms with van der Waals surface area (Å²) in [6.07, 6.45) is 2.77. The summed E-state index contributed by atoms with van der Waals surface area (Å²) in [7, 11) is 1.46. The van der Waals surface area contributed by atoms with Gasteiger partial charge in [-0.3, -0.25) is 25.6 Å². The molecule has 2 heterocycles. The zero-order valence-electron chi connectivity index (χ0n) is 9.23. The van der Waals surface area contributed by atoms with E-state index < -0.39 is 5.91 Å². The Morgan fingerprint density at radius 2 is 2.41 bits per heavy atom. The lowest BCUT2D eigenvalue weighted by Gasteiger charge is -2.07. The molecule has 0 saturated carbocycles. The van der Waals surface area contributed by atoms with Gasteiger partial charge in [0.1, 0.15) is 0 Å². The number of carbonyl (C=O) groups is 1. The van der Waals surface area contributed by atoms with Crippen molar-refractivity contribution in [2.24, 2.45) is 4.99 Å². The molecule has 0 aromatic carbocycles. The van der Waals surface area contributed by atoms with E-state index in [1.165, 1.54) is 19.5 Å². The Balaban J connectivity index is 1.94. The van der Waals surface area contributed by atoms with Crippen LogP contribution in [0.3, 0.4) is 0 Å². The van der Waals surface area contributed by atoms with Gasteiger partial charge in [0.05, 0.1) is 26.0 Å². The smallest absolute Gasteiger partial charge is 0.290 e. The molecule has 17 heavy (non-hydrogen) atoms. The van der Waals surface area contributed by atoms with Crippen LogP contribution < -0.4 is 20.9 Å². The van der Waals surface area contributed by atoms with E-state index >= 15 is 0 Å². The van der Waals surface area contributed by atoms with Crippen molar-refractivity contribution in [1.82, 2.24) is 26.1 Å². The van der Waals surface area contributed by atoms with Crippen LogP contribution in [0.5, 0.6) is 5.88 Å². The highest BCUT2D eigenvalue weighted by atomic mass is 16.5. The second-order valence-electron chi connectivity index (χ2n) is 3.18. The van der Waals surface area contributed by atoms with Crippen molar-refractivity contribution in [3.05, 3.63) is 18.1 Å². The van der Waals surface area contributed by atoms with E-state index in [1.54, 1.807) is 0 Å². The van der Waals surface area contributed by atoms with E-state index in [4.69, 9.17) is 4.74 Å². The highest BCUT2D eigenvalue weighted by Crippen LogP contribution is 2.03. The van der Waals surface area contributed by atoms with Crippen molar-refractivity contribution in [1.29, 1.82) is 0 Å². The molecule has 0 aliphatic carbocycles. The Morgan fingerprint density at radius 1 is 1.53 bits per heavy atom. The van der Waals surface area contributed by atoms with Crippen molar-refractivity contribution in [3.8, 4) is 5.88 Å². The Bertz CT molecular complexity index is 447. The van der Waals surface area contributed by atoms with Gasteiger partial charge in [0, 0.05) is 6.54 Å². The zero-order chi connectivity index (χ0) is 12.1. The van der Waals surface area contributed by atoms with Crippen molar-refractivity contribution < 1.29 is 9.53 Å². The molecule has 0 unspecified atom stereocenters. The minimum absolute atomic E-state index is 0.162. The molecule has 2 rings (SSSR count). The molecule has 8 heteroatoms. The molecule has 1 aliphatic rings. The fraction of sp³-hybridized carbons (Fsp3) is 0.333. The lowest BCUT2D eigenvalue weighted by molar-refractivity contribution is 0.0937. The number of aromatic nitrogens is 2. The molecule has 3 N–H and O–H groups in total. The van der Waals surface area contributed by atoms with Crippen LogP contribution in [0.25, 0.3) is 0 Å². The number of carbonyl (C=O) groups excluding carboxylic acids is 1. The SMILES string of the molecule is COc1cncc(C(=O)NNC2=NCCN2)n1. The number of nitrogens with one attached hydrogen (secondary N) is 3. The standard InChI is InChI=1S/C9H12N6O2/c1-17-7-5-10-4-6(13-7)8(16)14-15-9-11-2-3-12-9/h4-5H,2-3H2,1H3,(H,14,16)(H2,11,12,15). The average molecular weight is 236 g/mol. The molecule has 8 nitrogen and oxygen atoms in total. The van der Waals surface area contributed by atoms with Gasteiger partial charge in [0.2, 0.25) is 11.8 Å². The topological polar surface area (TPSA) is 101 Å². The molecule has 0 bridgehead atoms. The molecule has 1 aromatic heterocycles. The van der Waals surface area contributed by atoms with Gasteiger partial charge in [0.25, 0.3) is 5.91 Å². The first kappa shape index (κ1) is 11.1. The summed E-state index contributed by atoms with van der Waals surface area (Å²) in [6.45, 7) is 1.45. The summed E-state index contributed by atoms with van der Waals surface area (Å²) >= 11 is 0. The molecule has 90 valence electrons. The molecule has 1 amide bonds. The van der Waals surface area contributed by atoms with Crippen LogP contribution in [0, 0.1) is 0 Å². The molecule has 0 atom stereocenters. The van der Waals surface area contributed by atoms with E-state index in [9.17, 15) is 4.79 Å². The van der Waals surface area contributed by atoms with Gasteiger partial charge in [-0.1, -0.05) is 0 Å². The molecule has 1 aliphatic heterocycles. The number of methoxy groups -OCH3 is 1. The van der Waals surface area contributed by atoms with Gasteiger partial charge in [-0.15, -0.1) is 0 Å². The number of rotatable bonds is 2. The molecule has 0 saturated heterocycles. The first-order chi connectivity index (χ1) is 8.29. The summed E-state index contributed by atoms with van der Waals surface area (Å²) in [5.41, 5.74) is 5.26. The number of hydrogen-bond donors (Lipinski definition) is 3. The molecule has 0 spiro atoms. The summed E-state index contributed by atoms with van der Waals surface area (Å²) in [5.74, 6) is 0.413. The number of guanidine groups is 1. The molecule has 1 aromatic rings. The fourth-order valence-electron chi connectivity index (χ4n) is 1.22. The highest BCUT2D eigenvalue weighted by molar-refractivity contribution is 5.94.